The monoisotopic (exact) mass is 468 g/mol. The van der Waals surface area contributed by atoms with Crippen LogP contribution in [0.25, 0.3) is 0 Å². The maximum Gasteiger partial charge on any atom is 0.311 e. The van der Waals surface area contributed by atoms with Crippen LogP contribution in [0.4, 0.5) is 5.95 Å². The van der Waals surface area contributed by atoms with E-state index in [4.69, 9.17) is 14.5 Å². The maximum absolute atomic E-state index is 13.6. The van der Waals surface area contributed by atoms with Gasteiger partial charge in [0, 0.05) is 24.8 Å². The number of hydrogen-bond acceptors (Lipinski definition) is 7. The number of amides is 1. The molecule has 8 heteroatoms. The number of nitrogens with zero attached hydrogens (tertiary/aromatic N) is 2. The molecule has 2 heterocycles. The Kier molecular flexibility index (Phi) is 5.74. The van der Waals surface area contributed by atoms with Gasteiger partial charge in [-0.1, -0.05) is 12.8 Å². The molecule has 1 saturated heterocycles. The smallest absolute Gasteiger partial charge is 0.311 e. The minimum atomic E-state index is -0.331. The molecule has 1 aliphatic heterocycles. The first kappa shape index (κ1) is 22.3. The lowest BCUT2D eigenvalue weighted by Gasteiger charge is -2.58. The van der Waals surface area contributed by atoms with E-state index >= 15 is 0 Å². The largest absolute Gasteiger partial charge is 0.469 e. The molecular formula is C26H36N4O4. The number of esters is 1. The van der Waals surface area contributed by atoms with E-state index in [1.807, 2.05) is 0 Å². The van der Waals surface area contributed by atoms with E-state index in [0.29, 0.717) is 41.8 Å². The second kappa shape index (κ2) is 8.77. The lowest BCUT2D eigenvalue weighted by atomic mass is 9.48. The van der Waals surface area contributed by atoms with Crippen molar-refractivity contribution in [2.24, 2.45) is 23.2 Å². The van der Waals surface area contributed by atoms with Gasteiger partial charge in [0.25, 0.3) is 5.91 Å². The van der Waals surface area contributed by atoms with Gasteiger partial charge in [-0.05, 0) is 69.1 Å². The van der Waals surface area contributed by atoms with Gasteiger partial charge in [-0.2, -0.15) is 0 Å². The summed E-state index contributed by atoms with van der Waals surface area (Å²) in [7, 11) is 1.50. The Labute approximate surface area is 201 Å². The zero-order valence-electron chi connectivity index (χ0n) is 20.1. The highest BCUT2D eigenvalue weighted by Crippen LogP contribution is 2.60. The Morgan fingerprint density at radius 2 is 1.88 bits per heavy atom. The maximum atomic E-state index is 13.6. The molecule has 0 spiro atoms. The summed E-state index contributed by atoms with van der Waals surface area (Å²) in [4.78, 5) is 35.6. The number of hydrogen-bond donors (Lipinski definition) is 2. The quantitative estimate of drug-likeness (QED) is 0.617. The Morgan fingerprint density at radius 3 is 2.56 bits per heavy atom. The van der Waals surface area contributed by atoms with Crippen LogP contribution in [0.1, 0.15) is 86.2 Å². The molecule has 2 unspecified atom stereocenters. The van der Waals surface area contributed by atoms with Crippen molar-refractivity contribution in [1.29, 1.82) is 0 Å². The molecule has 4 bridgehead atoms. The summed E-state index contributed by atoms with van der Waals surface area (Å²) >= 11 is 0. The summed E-state index contributed by atoms with van der Waals surface area (Å²) < 4.78 is 10.7. The lowest BCUT2D eigenvalue weighted by molar-refractivity contribution is -0.170. The highest BCUT2D eigenvalue weighted by Gasteiger charge is 2.59. The Bertz CT molecular complexity index is 940. The molecule has 6 aliphatic rings. The van der Waals surface area contributed by atoms with Crippen LogP contribution >= 0.6 is 0 Å². The van der Waals surface area contributed by atoms with Crippen molar-refractivity contribution < 1.29 is 19.1 Å². The van der Waals surface area contributed by atoms with Gasteiger partial charge in [0.15, 0.2) is 0 Å². The molecule has 7 rings (SSSR count). The van der Waals surface area contributed by atoms with Crippen molar-refractivity contribution in [2.45, 2.75) is 82.2 Å². The van der Waals surface area contributed by atoms with Crippen LogP contribution in [0.2, 0.25) is 0 Å². The number of methoxy groups -OCH3 is 1. The van der Waals surface area contributed by atoms with Crippen LogP contribution in [0.5, 0.6) is 0 Å². The summed E-state index contributed by atoms with van der Waals surface area (Å²) in [6.45, 7) is 1.43. The molecule has 0 radical (unpaired) electrons. The van der Waals surface area contributed by atoms with Gasteiger partial charge in [-0.3, -0.25) is 9.59 Å². The van der Waals surface area contributed by atoms with Crippen LogP contribution < -0.4 is 10.6 Å². The van der Waals surface area contributed by atoms with E-state index in [9.17, 15) is 9.59 Å². The van der Waals surface area contributed by atoms with Crippen LogP contribution in [0.15, 0.2) is 6.20 Å². The van der Waals surface area contributed by atoms with Crippen molar-refractivity contribution in [2.75, 3.05) is 25.6 Å². The number of aromatic nitrogens is 2. The highest BCUT2D eigenvalue weighted by molar-refractivity contribution is 5.95. The fourth-order valence-electron chi connectivity index (χ4n) is 7.94. The van der Waals surface area contributed by atoms with E-state index in [1.54, 1.807) is 6.20 Å². The van der Waals surface area contributed by atoms with E-state index in [-0.39, 0.29) is 29.4 Å². The SMILES string of the molecule is COC(=O)[C@]12CC3CC(C1)[C@H](NC(=O)c1cnc(N[C@H]4CCOC4)nc1C1CCCC1)C(C3)C2. The Morgan fingerprint density at radius 1 is 1.12 bits per heavy atom. The molecule has 184 valence electrons. The predicted molar refractivity (Wildman–Crippen MR) is 125 cm³/mol. The zero-order chi connectivity index (χ0) is 23.3. The van der Waals surface area contributed by atoms with Crippen LogP contribution in [0, 0.1) is 23.2 Å². The van der Waals surface area contributed by atoms with Gasteiger partial charge in [0.2, 0.25) is 5.95 Å². The first-order valence-corrected chi connectivity index (χ1v) is 13.1. The fraction of sp³-hybridized carbons (Fsp3) is 0.769. The van der Waals surface area contributed by atoms with Crippen LogP contribution in [-0.2, 0) is 14.3 Å². The predicted octanol–water partition coefficient (Wildman–Crippen LogP) is 3.43. The third-order valence-electron chi connectivity index (χ3n) is 9.26. The summed E-state index contributed by atoms with van der Waals surface area (Å²) in [6.07, 6.45) is 12.0. The van der Waals surface area contributed by atoms with E-state index in [2.05, 4.69) is 15.6 Å². The molecule has 3 atom stereocenters. The first-order chi connectivity index (χ1) is 16.5. The summed E-state index contributed by atoms with van der Waals surface area (Å²) in [6, 6.07) is 0.345. The van der Waals surface area contributed by atoms with E-state index < -0.39 is 0 Å². The fourth-order valence-corrected chi connectivity index (χ4v) is 7.94. The van der Waals surface area contributed by atoms with Crippen molar-refractivity contribution in [1.82, 2.24) is 15.3 Å². The Hall–Kier alpha value is -2.22. The minimum absolute atomic E-state index is 0.0515. The van der Waals surface area contributed by atoms with Crippen molar-refractivity contribution in [3.63, 3.8) is 0 Å². The summed E-state index contributed by atoms with van der Waals surface area (Å²) in [5.41, 5.74) is 1.18. The molecule has 0 aromatic carbocycles. The van der Waals surface area contributed by atoms with Gasteiger partial charge >= 0.3 is 5.97 Å². The number of anilines is 1. The molecule has 6 fully saturated rings. The molecule has 1 aromatic heterocycles. The van der Waals surface area contributed by atoms with Gasteiger partial charge in [-0.25, -0.2) is 9.97 Å². The number of ether oxygens (including phenoxy) is 2. The average molecular weight is 469 g/mol. The molecule has 5 aliphatic carbocycles. The third kappa shape index (κ3) is 3.88. The van der Waals surface area contributed by atoms with Gasteiger partial charge in [0.05, 0.1) is 36.4 Å². The van der Waals surface area contributed by atoms with Gasteiger partial charge in [0.1, 0.15) is 0 Å². The van der Waals surface area contributed by atoms with E-state index in [0.717, 1.165) is 63.7 Å². The average Bonchev–Trinajstić information content (AvgIpc) is 3.55. The topological polar surface area (TPSA) is 102 Å². The lowest BCUT2D eigenvalue weighted by Crippen LogP contribution is -2.61. The van der Waals surface area contributed by atoms with E-state index in [1.165, 1.54) is 20.0 Å². The molecule has 34 heavy (non-hydrogen) atoms. The standard InChI is InChI=1S/C26H36N4O4/c1-33-24(32)26-10-15-8-17(11-26)21(18(9-15)12-26)29-23(31)20-13-27-25(28-19-6-7-34-14-19)30-22(20)16-4-2-3-5-16/h13,15-19,21H,2-12,14H2,1H3,(H,29,31)(H,27,28,30)/t15?,17?,18?,19-,21-,26+/m0/s1. The van der Waals surface area contributed by atoms with Crippen LogP contribution in [0.3, 0.4) is 0 Å². The number of rotatable bonds is 6. The summed E-state index contributed by atoms with van der Waals surface area (Å²) in [5.74, 6) is 2.06. The second-order valence-corrected chi connectivity index (χ2v) is 11.4. The van der Waals surface area contributed by atoms with Crippen molar-refractivity contribution in [3.8, 4) is 0 Å². The molecule has 1 aromatic rings. The van der Waals surface area contributed by atoms with Gasteiger partial charge in [-0.15, -0.1) is 0 Å². The van der Waals surface area contributed by atoms with Gasteiger partial charge < -0.3 is 20.1 Å². The third-order valence-corrected chi connectivity index (χ3v) is 9.26. The zero-order valence-corrected chi connectivity index (χ0v) is 20.1. The van der Waals surface area contributed by atoms with Crippen molar-refractivity contribution >= 4 is 17.8 Å². The number of nitrogens with one attached hydrogen (secondary N) is 2. The summed E-state index contributed by atoms with van der Waals surface area (Å²) in [5, 5.41) is 6.79. The normalized spacial score (nSPS) is 36.6. The molecule has 1 amide bonds. The highest BCUT2D eigenvalue weighted by atomic mass is 16.5. The number of carbonyl (C=O) groups is 2. The Balaban J connectivity index is 1.22. The molecule has 2 N–H and O–H groups in total. The minimum Gasteiger partial charge on any atom is -0.469 e. The molecule has 5 saturated carbocycles. The molecule has 8 nitrogen and oxygen atoms in total. The molecular weight excluding hydrogens is 432 g/mol. The van der Waals surface area contributed by atoms with Crippen molar-refractivity contribution in [3.05, 3.63) is 17.5 Å². The second-order valence-electron chi connectivity index (χ2n) is 11.4. The van der Waals surface area contributed by atoms with Crippen LogP contribution in [-0.4, -0.2) is 54.3 Å². The number of carbonyl (C=O) groups excluding carboxylic acids is 2. The first-order valence-electron chi connectivity index (χ1n) is 13.1.